The van der Waals surface area contributed by atoms with Crippen LogP contribution in [0.4, 0.5) is 0 Å². The van der Waals surface area contributed by atoms with Crippen LogP contribution in [0.3, 0.4) is 0 Å². The Morgan fingerprint density at radius 3 is 2.79 bits per heavy atom. The van der Waals surface area contributed by atoms with Crippen LogP contribution in [-0.2, 0) is 0 Å². The number of nitrogens with zero attached hydrogens (tertiary/aromatic N) is 2. The Labute approximate surface area is 122 Å². The molecule has 0 spiro atoms. The van der Waals surface area contributed by atoms with E-state index >= 15 is 0 Å². The summed E-state index contributed by atoms with van der Waals surface area (Å²) in [5, 5.41) is 10.4. The number of carbonyl (C=O) groups excluding carboxylic acids is 1. The number of amides is 1. The first-order chi connectivity index (χ1) is 8.91. The first-order valence-corrected chi connectivity index (χ1v) is 6.95. The van der Waals surface area contributed by atoms with Crippen molar-refractivity contribution in [2.45, 2.75) is 26.4 Å². The summed E-state index contributed by atoms with van der Waals surface area (Å²) in [5.41, 5.74) is 0.884. The third kappa shape index (κ3) is 2.86. The molecule has 1 saturated heterocycles. The maximum atomic E-state index is 12.4. The van der Waals surface area contributed by atoms with Gasteiger partial charge in [-0.3, -0.25) is 9.78 Å². The van der Waals surface area contributed by atoms with Gasteiger partial charge in [0.25, 0.3) is 5.91 Å². The van der Waals surface area contributed by atoms with E-state index in [0.29, 0.717) is 29.4 Å². The number of rotatable bonds is 1. The van der Waals surface area contributed by atoms with Gasteiger partial charge in [-0.25, -0.2) is 0 Å². The van der Waals surface area contributed by atoms with Crippen molar-refractivity contribution in [1.29, 1.82) is 0 Å². The van der Waals surface area contributed by atoms with Crippen LogP contribution in [-0.4, -0.2) is 40.1 Å². The summed E-state index contributed by atoms with van der Waals surface area (Å²) in [7, 11) is 0. The molecule has 2 unspecified atom stereocenters. The summed E-state index contributed by atoms with van der Waals surface area (Å²) in [6.07, 6.45) is 1.72. The lowest BCUT2D eigenvalue weighted by molar-refractivity contribution is 0.0248. The second kappa shape index (κ2) is 5.65. The van der Waals surface area contributed by atoms with E-state index in [0.717, 1.165) is 6.42 Å². The number of aryl methyl sites for hydroxylation is 1. The Hall–Kier alpha value is -0.840. The van der Waals surface area contributed by atoms with Crippen LogP contribution < -0.4 is 0 Å². The topological polar surface area (TPSA) is 53.4 Å². The molecule has 4 nitrogen and oxygen atoms in total. The quantitative estimate of drug-likeness (QED) is 0.867. The second-order valence-corrected chi connectivity index (χ2v) is 5.73. The molecule has 1 aromatic rings. The Morgan fingerprint density at radius 2 is 2.16 bits per heavy atom. The van der Waals surface area contributed by atoms with E-state index in [1.54, 1.807) is 11.8 Å². The average molecular weight is 303 g/mol. The molecule has 0 aliphatic carbocycles. The summed E-state index contributed by atoms with van der Waals surface area (Å²) in [5.74, 6) is -0.0235. The van der Waals surface area contributed by atoms with Gasteiger partial charge in [-0.2, -0.15) is 0 Å². The highest BCUT2D eigenvalue weighted by atomic mass is 35.5. The minimum absolute atomic E-state index is 0.208. The maximum absolute atomic E-state index is 12.4. The van der Waals surface area contributed by atoms with Crippen molar-refractivity contribution in [3.05, 3.63) is 27.5 Å². The van der Waals surface area contributed by atoms with Crippen LogP contribution in [0, 0.1) is 12.8 Å². The number of aliphatic hydroxyl groups excluding tert-OH is 1. The highest BCUT2D eigenvalue weighted by Crippen LogP contribution is 2.29. The lowest BCUT2D eigenvalue weighted by atomic mass is 9.95. The third-order valence-corrected chi connectivity index (χ3v) is 4.52. The minimum Gasteiger partial charge on any atom is -0.391 e. The molecule has 1 N–H and O–H groups in total. The molecule has 6 heteroatoms. The Balaban J connectivity index is 2.23. The van der Waals surface area contributed by atoms with Crippen LogP contribution in [0.25, 0.3) is 0 Å². The van der Waals surface area contributed by atoms with Crippen LogP contribution >= 0.6 is 23.2 Å². The molecule has 1 amide bonds. The van der Waals surface area contributed by atoms with Crippen LogP contribution in [0.5, 0.6) is 0 Å². The molecule has 1 aliphatic rings. The summed E-state index contributed by atoms with van der Waals surface area (Å²) in [6, 6.07) is 0. The number of likely N-dealkylation sites (tertiary alicyclic amines) is 1. The predicted molar refractivity (Wildman–Crippen MR) is 74.7 cm³/mol. The second-order valence-electron chi connectivity index (χ2n) is 4.97. The van der Waals surface area contributed by atoms with E-state index in [4.69, 9.17) is 23.2 Å². The SMILES string of the molecule is Cc1ncc(C(=O)N2CCC(C)C(O)C2)c(Cl)c1Cl. The lowest BCUT2D eigenvalue weighted by Crippen LogP contribution is -2.45. The largest absolute Gasteiger partial charge is 0.391 e. The van der Waals surface area contributed by atoms with Gasteiger partial charge in [0.15, 0.2) is 0 Å². The number of pyridine rings is 1. The zero-order chi connectivity index (χ0) is 14.2. The number of aromatic nitrogens is 1. The molecule has 104 valence electrons. The molecule has 1 aromatic heterocycles. The van der Waals surface area contributed by atoms with E-state index in [2.05, 4.69) is 4.98 Å². The predicted octanol–water partition coefficient (Wildman–Crippen LogP) is 2.54. The number of halogens is 2. The van der Waals surface area contributed by atoms with Crippen molar-refractivity contribution < 1.29 is 9.90 Å². The van der Waals surface area contributed by atoms with Gasteiger partial charge < -0.3 is 10.0 Å². The van der Waals surface area contributed by atoms with E-state index in [9.17, 15) is 9.90 Å². The van der Waals surface area contributed by atoms with Crippen molar-refractivity contribution in [2.24, 2.45) is 5.92 Å². The van der Waals surface area contributed by atoms with Crippen LogP contribution in [0.1, 0.15) is 29.4 Å². The van der Waals surface area contributed by atoms with Gasteiger partial charge >= 0.3 is 0 Å². The van der Waals surface area contributed by atoms with Crippen molar-refractivity contribution in [1.82, 2.24) is 9.88 Å². The van der Waals surface area contributed by atoms with E-state index in [1.165, 1.54) is 6.20 Å². The molecule has 19 heavy (non-hydrogen) atoms. The fourth-order valence-corrected chi connectivity index (χ4v) is 2.52. The van der Waals surface area contributed by atoms with Gasteiger partial charge in [0.05, 0.1) is 27.4 Å². The van der Waals surface area contributed by atoms with Gasteiger partial charge in [0.1, 0.15) is 0 Å². The van der Waals surface area contributed by atoms with Gasteiger partial charge in [0.2, 0.25) is 0 Å². The number of hydrogen-bond donors (Lipinski definition) is 1. The Kier molecular flexibility index (Phi) is 4.33. The molecule has 2 atom stereocenters. The molecular weight excluding hydrogens is 287 g/mol. The molecule has 0 saturated carbocycles. The highest BCUT2D eigenvalue weighted by Gasteiger charge is 2.29. The summed E-state index contributed by atoms with van der Waals surface area (Å²) in [4.78, 5) is 18.0. The van der Waals surface area contributed by atoms with E-state index in [1.807, 2.05) is 6.92 Å². The summed E-state index contributed by atoms with van der Waals surface area (Å²) in [6.45, 7) is 4.64. The molecule has 0 aromatic carbocycles. The molecule has 1 aliphatic heterocycles. The van der Waals surface area contributed by atoms with Crippen molar-refractivity contribution in [3.8, 4) is 0 Å². The van der Waals surface area contributed by atoms with Gasteiger partial charge in [-0.1, -0.05) is 30.1 Å². The molecular formula is C13H16Cl2N2O2. The minimum atomic E-state index is -0.495. The van der Waals surface area contributed by atoms with Crippen molar-refractivity contribution >= 4 is 29.1 Å². The number of aliphatic hydroxyl groups is 1. The van der Waals surface area contributed by atoms with Gasteiger partial charge in [0, 0.05) is 19.3 Å². The number of piperidine rings is 1. The smallest absolute Gasteiger partial charge is 0.257 e. The molecule has 2 rings (SSSR count). The molecule has 1 fully saturated rings. The average Bonchev–Trinajstić information content (AvgIpc) is 2.39. The molecule has 0 bridgehead atoms. The first-order valence-electron chi connectivity index (χ1n) is 6.19. The third-order valence-electron chi connectivity index (χ3n) is 3.57. The highest BCUT2D eigenvalue weighted by molar-refractivity contribution is 6.44. The van der Waals surface area contributed by atoms with E-state index < -0.39 is 6.10 Å². The fraction of sp³-hybridized carbons (Fsp3) is 0.538. The number of hydrogen-bond acceptors (Lipinski definition) is 3. The number of carbonyl (C=O) groups is 1. The summed E-state index contributed by atoms with van der Waals surface area (Å²) >= 11 is 12.1. The van der Waals surface area contributed by atoms with Crippen LogP contribution in [0.15, 0.2) is 6.20 Å². The molecule has 0 radical (unpaired) electrons. The zero-order valence-electron chi connectivity index (χ0n) is 10.9. The lowest BCUT2D eigenvalue weighted by Gasteiger charge is -2.34. The maximum Gasteiger partial charge on any atom is 0.257 e. The van der Waals surface area contributed by atoms with Gasteiger partial charge in [-0.15, -0.1) is 0 Å². The Morgan fingerprint density at radius 1 is 1.47 bits per heavy atom. The number of β-amino-alcohol motifs (C(OH)–C–C–N with tert-alkyl or cyclic N) is 1. The van der Waals surface area contributed by atoms with Crippen LogP contribution in [0.2, 0.25) is 10.0 Å². The van der Waals surface area contributed by atoms with Crippen molar-refractivity contribution in [2.75, 3.05) is 13.1 Å². The summed E-state index contributed by atoms with van der Waals surface area (Å²) < 4.78 is 0. The Bertz CT molecular complexity index is 508. The zero-order valence-corrected chi connectivity index (χ0v) is 12.4. The first kappa shape index (κ1) is 14.6. The van der Waals surface area contributed by atoms with E-state index in [-0.39, 0.29) is 16.8 Å². The normalized spacial score (nSPS) is 23.5. The van der Waals surface area contributed by atoms with Gasteiger partial charge in [-0.05, 0) is 19.3 Å². The monoisotopic (exact) mass is 302 g/mol. The molecule has 2 heterocycles. The fourth-order valence-electron chi connectivity index (χ4n) is 2.10. The van der Waals surface area contributed by atoms with Crippen molar-refractivity contribution in [3.63, 3.8) is 0 Å². The standard InChI is InChI=1S/C13H16Cl2N2O2/c1-7-3-4-17(6-10(7)18)13(19)9-5-16-8(2)11(14)12(9)15/h5,7,10,18H,3-4,6H2,1-2H3.